The van der Waals surface area contributed by atoms with Gasteiger partial charge in [0.25, 0.3) is 0 Å². The van der Waals surface area contributed by atoms with E-state index in [4.69, 9.17) is 4.18 Å². The van der Waals surface area contributed by atoms with Gasteiger partial charge in [-0.15, -0.1) is 0 Å². The summed E-state index contributed by atoms with van der Waals surface area (Å²) in [6.07, 6.45) is 0.555. The summed E-state index contributed by atoms with van der Waals surface area (Å²) in [5, 5.41) is 0. The maximum Gasteiger partial charge on any atom is 0.248 e. The molecule has 0 aromatic heterocycles. The smallest absolute Gasteiger partial charge is 0.248 e. The Morgan fingerprint density at radius 3 is 2.65 bits per heavy atom. The summed E-state index contributed by atoms with van der Waals surface area (Å²) < 4.78 is 31.3. The first-order chi connectivity index (χ1) is 8.05. The maximum absolute atomic E-state index is 12.9. The van der Waals surface area contributed by atoms with Crippen molar-refractivity contribution < 1.29 is 13.0 Å². The normalized spacial score (nSPS) is 22.9. The Morgan fingerprint density at radius 2 is 2.06 bits per heavy atom. The molecule has 0 aliphatic heterocycles. The second-order valence-electron chi connectivity index (χ2n) is 4.65. The van der Waals surface area contributed by atoms with Gasteiger partial charge in [0, 0.05) is 29.8 Å². The van der Waals surface area contributed by atoms with Crippen LogP contribution in [0.3, 0.4) is 0 Å². The Hall–Kier alpha value is -0.610. The van der Waals surface area contributed by atoms with Gasteiger partial charge in [-0.05, 0) is 31.4 Å². The molecule has 1 unspecified atom stereocenters. The Labute approximate surface area is 105 Å². The summed E-state index contributed by atoms with van der Waals surface area (Å²) in [4.78, 5) is 1.01. The van der Waals surface area contributed by atoms with Crippen molar-refractivity contribution in [2.75, 3.05) is 6.61 Å². The van der Waals surface area contributed by atoms with Crippen molar-refractivity contribution in [3.8, 4) is 0 Å². The highest BCUT2D eigenvalue weighted by molar-refractivity contribution is 7.94. The van der Waals surface area contributed by atoms with Gasteiger partial charge in [-0.2, -0.15) is 0 Å². The van der Waals surface area contributed by atoms with Crippen LogP contribution >= 0.6 is 12.0 Å². The first-order valence-electron chi connectivity index (χ1n) is 5.79. The summed E-state index contributed by atoms with van der Waals surface area (Å²) >= 11 is 1.27. The number of alkyl halides is 2. The van der Waals surface area contributed by atoms with Crippen LogP contribution < -0.4 is 0 Å². The Kier molecular flexibility index (Phi) is 4.05. The molecule has 1 aromatic rings. The minimum Gasteiger partial charge on any atom is -0.310 e. The van der Waals surface area contributed by atoms with Crippen LogP contribution in [0.1, 0.15) is 24.8 Å². The molecule has 0 N–H and O–H groups in total. The molecule has 1 saturated carbocycles. The van der Waals surface area contributed by atoms with E-state index in [-0.39, 0.29) is 18.8 Å². The molecule has 1 aliphatic carbocycles. The summed E-state index contributed by atoms with van der Waals surface area (Å²) in [6, 6.07) is 7.97. The molecule has 17 heavy (non-hydrogen) atoms. The van der Waals surface area contributed by atoms with E-state index >= 15 is 0 Å². The van der Waals surface area contributed by atoms with Crippen LogP contribution in [0.2, 0.25) is 0 Å². The third-order valence-corrected chi connectivity index (χ3v) is 3.70. The third-order valence-electron chi connectivity index (χ3n) is 2.99. The molecule has 1 nitrogen and oxygen atoms in total. The molecule has 1 fully saturated rings. The highest BCUT2D eigenvalue weighted by atomic mass is 32.2. The number of hydrogen-bond donors (Lipinski definition) is 0. The molecule has 1 aromatic carbocycles. The average Bonchev–Trinajstić information content (AvgIpc) is 2.61. The van der Waals surface area contributed by atoms with Crippen LogP contribution in [0.5, 0.6) is 0 Å². The lowest BCUT2D eigenvalue weighted by Crippen LogP contribution is -2.11. The molecule has 2 rings (SSSR count). The molecule has 0 bridgehead atoms. The largest absolute Gasteiger partial charge is 0.310 e. The lowest BCUT2D eigenvalue weighted by atomic mass is 10.1. The molecule has 1 aliphatic rings. The van der Waals surface area contributed by atoms with Gasteiger partial charge in [0.2, 0.25) is 5.92 Å². The summed E-state index contributed by atoms with van der Waals surface area (Å²) in [7, 11) is 0. The van der Waals surface area contributed by atoms with Gasteiger partial charge in [0.15, 0.2) is 0 Å². The van der Waals surface area contributed by atoms with Gasteiger partial charge in [0.1, 0.15) is 0 Å². The Morgan fingerprint density at radius 1 is 1.35 bits per heavy atom. The number of rotatable bonds is 4. The fraction of sp³-hybridized carbons (Fsp3) is 0.538. The summed E-state index contributed by atoms with van der Waals surface area (Å²) in [6.45, 7) is 2.43. The van der Waals surface area contributed by atoms with E-state index < -0.39 is 5.92 Å². The quantitative estimate of drug-likeness (QED) is 0.738. The number of benzene rings is 1. The van der Waals surface area contributed by atoms with Gasteiger partial charge in [-0.1, -0.05) is 17.7 Å². The SMILES string of the molecule is Cc1ccc(SOCC2CCC(F)(F)C2)cc1. The van der Waals surface area contributed by atoms with Crippen LogP contribution in [0.25, 0.3) is 0 Å². The number of aryl methyl sites for hydroxylation is 1. The molecule has 0 heterocycles. The monoisotopic (exact) mass is 258 g/mol. The van der Waals surface area contributed by atoms with Crippen molar-refractivity contribution in [3.05, 3.63) is 29.8 Å². The zero-order valence-electron chi connectivity index (χ0n) is 9.79. The summed E-state index contributed by atoms with van der Waals surface area (Å²) in [5.74, 6) is -2.47. The molecule has 1 atom stereocenters. The second kappa shape index (κ2) is 5.36. The maximum atomic E-state index is 12.9. The fourth-order valence-electron chi connectivity index (χ4n) is 1.98. The van der Waals surface area contributed by atoms with E-state index in [1.54, 1.807) is 0 Å². The first-order valence-corrected chi connectivity index (χ1v) is 6.53. The van der Waals surface area contributed by atoms with Crippen molar-refractivity contribution in [2.24, 2.45) is 5.92 Å². The van der Waals surface area contributed by atoms with E-state index in [1.165, 1.54) is 17.6 Å². The first kappa shape index (κ1) is 12.8. The minimum absolute atomic E-state index is 0.00273. The van der Waals surface area contributed by atoms with Crippen LogP contribution in [0.4, 0.5) is 8.78 Å². The van der Waals surface area contributed by atoms with E-state index in [1.807, 2.05) is 31.2 Å². The Bertz CT molecular complexity index is 364. The molecule has 94 valence electrons. The number of halogens is 2. The van der Waals surface area contributed by atoms with Crippen LogP contribution in [0, 0.1) is 12.8 Å². The van der Waals surface area contributed by atoms with Crippen molar-refractivity contribution >= 4 is 12.0 Å². The predicted octanol–water partition coefficient (Wildman–Crippen LogP) is 4.45. The Balaban J connectivity index is 1.71. The standard InChI is InChI=1S/C13H16F2OS/c1-10-2-4-12(5-3-10)17-16-9-11-6-7-13(14,15)8-11/h2-5,11H,6-9H2,1H3. The lowest BCUT2D eigenvalue weighted by Gasteiger charge is -2.10. The zero-order chi connectivity index (χ0) is 12.3. The van der Waals surface area contributed by atoms with Crippen LogP contribution in [0.15, 0.2) is 29.2 Å². The van der Waals surface area contributed by atoms with Crippen LogP contribution in [-0.4, -0.2) is 12.5 Å². The second-order valence-corrected chi connectivity index (χ2v) is 5.52. The van der Waals surface area contributed by atoms with E-state index in [0.717, 1.165) is 4.90 Å². The molecule has 0 spiro atoms. The van der Waals surface area contributed by atoms with Gasteiger partial charge in [-0.3, -0.25) is 0 Å². The van der Waals surface area contributed by atoms with Gasteiger partial charge in [-0.25, -0.2) is 8.78 Å². The minimum atomic E-state index is -2.47. The molecule has 0 saturated heterocycles. The lowest BCUT2D eigenvalue weighted by molar-refractivity contribution is 0.00328. The van der Waals surface area contributed by atoms with Crippen molar-refractivity contribution in [2.45, 2.75) is 37.0 Å². The third kappa shape index (κ3) is 3.96. The highest BCUT2D eigenvalue weighted by Crippen LogP contribution is 2.39. The van der Waals surface area contributed by atoms with Gasteiger partial charge >= 0.3 is 0 Å². The van der Waals surface area contributed by atoms with E-state index in [2.05, 4.69) is 0 Å². The molecular weight excluding hydrogens is 242 g/mol. The average molecular weight is 258 g/mol. The van der Waals surface area contributed by atoms with Crippen LogP contribution in [-0.2, 0) is 4.18 Å². The topological polar surface area (TPSA) is 9.23 Å². The highest BCUT2D eigenvalue weighted by Gasteiger charge is 2.39. The van der Waals surface area contributed by atoms with Gasteiger partial charge < -0.3 is 4.18 Å². The van der Waals surface area contributed by atoms with E-state index in [0.29, 0.717) is 13.0 Å². The van der Waals surface area contributed by atoms with Crippen molar-refractivity contribution in [1.82, 2.24) is 0 Å². The fourth-order valence-corrected chi connectivity index (χ4v) is 2.62. The van der Waals surface area contributed by atoms with Gasteiger partial charge in [0.05, 0.1) is 6.61 Å². The van der Waals surface area contributed by atoms with Crippen molar-refractivity contribution in [3.63, 3.8) is 0 Å². The molecular formula is C13H16F2OS. The molecule has 4 heteroatoms. The van der Waals surface area contributed by atoms with Crippen molar-refractivity contribution in [1.29, 1.82) is 0 Å². The van der Waals surface area contributed by atoms with E-state index in [9.17, 15) is 8.78 Å². The summed E-state index contributed by atoms with van der Waals surface area (Å²) in [5.41, 5.74) is 1.20. The zero-order valence-corrected chi connectivity index (χ0v) is 10.6. The predicted molar refractivity (Wildman–Crippen MR) is 65.3 cm³/mol. The number of hydrogen-bond acceptors (Lipinski definition) is 2. The molecule has 0 radical (unpaired) electrons. The molecule has 0 amide bonds.